The Hall–Kier alpha value is -2.27. The number of hydrogen-bond acceptors (Lipinski definition) is 4. The molecule has 0 unspecified atom stereocenters. The lowest BCUT2D eigenvalue weighted by Gasteiger charge is -2.34. The predicted molar refractivity (Wildman–Crippen MR) is 97.6 cm³/mol. The molecule has 0 saturated carbocycles. The van der Waals surface area contributed by atoms with Crippen LogP contribution in [0.25, 0.3) is 11.3 Å². The molecule has 2 heterocycles. The van der Waals surface area contributed by atoms with Crippen LogP contribution in [-0.4, -0.2) is 45.1 Å². The van der Waals surface area contributed by atoms with Crippen LogP contribution in [0.2, 0.25) is 0 Å². The van der Waals surface area contributed by atoms with Crippen molar-refractivity contribution >= 4 is 5.97 Å². The summed E-state index contributed by atoms with van der Waals surface area (Å²) < 4.78 is 0. The van der Waals surface area contributed by atoms with E-state index in [0.29, 0.717) is 23.2 Å². The molecule has 1 N–H and O–H groups in total. The minimum Gasteiger partial charge on any atom is -0.478 e. The van der Waals surface area contributed by atoms with E-state index >= 15 is 0 Å². The van der Waals surface area contributed by atoms with Crippen molar-refractivity contribution in [3.63, 3.8) is 0 Å². The summed E-state index contributed by atoms with van der Waals surface area (Å²) in [5.74, 6) is -0.302. The van der Waals surface area contributed by atoms with Gasteiger partial charge in [0.05, 0.1) is 11.3 Å². The maximum absolute atomic E-state index is 11.4. The first kappa shape index (κ1) is 17.5. The van der Waals surface area contributed by atoms with Gasteiger partial charge in [-0.3, -0.25) is 0 Å². The van der Waals surface area contributed by atoms with E-state index in [4.69, 9.17) is 0 Å². The van der Waals surface area contributed by atoms with Gasteiger partial charge < -0.3 is 10.0 Å². The van der Waals surface area contributed by atoms with E-state index in [1.165, 1.54) is 12.8 Å². The van der Waals surface area contributed by atoms with Gasteiger partial charge in [-0.1, -0.05) is 18.2 Å². The topological polar surface area (TPSA) is 66.3 Å². The van der Waals surface area contributed by atoms with Gasteiger partial charge in [0.1, 0.15) is 6.33 Å². The third-order valence-corrected chi connectivity index (χ3v) is 5.03. The summed E-state index contributed by atoms with van der Waals surface area (Å²) >= 11 is 0. The van der Waals surface area contributed by atoms with Crippen LogP contribution in [0.15, 0.2) is 36.7 Å². The average molecular weight is 339 g/mol. The van der Waals surface area contributed by atoms with Crippen molar-refractivity contribution in [2.24, 2.45) is 5.92 Å². The van der Waals surface area contributed by atoms with Gasteiger partial charge >= 0.3 is 5.97 Å². The zero-order valence-corrected chi connectivity index (χ0v) is 14.9. The summed E-state index contributed by atoms with van der Waals surface area (Å²) in [5.41, 5.74) is 2.60. The third kappa shape index (κ3) is 4.23. The van der Waals surface area contributed by atoms with E-state index in [-0.39, 0.29) is 5.56 Å². The number of aromatic nitrogens is 2. The molecule has 0 atom stereocenters. The van der Waals surface area contributed by atoms with Crippen LogP contribution in [0, 0.1) is 5.92 Å². The zero-order valence-electron chi connectivity index (χ0n) is 14.9. The number of nitrogens with zero attached hydrogens (tertiary/aromatic N) is 3. The Balaban J connectivity index is 1.74. The van der Waals surface area contributed by atoms with Gasteiger partial charge in [-0.2, -0.15) is 0 Å². The first-order valence-corrected chi connectivity index (χ1v) is 8.92. The fraction of sp³-hybridized carbons (Fsp3) is 0.450. The molecule has 0 amide bonds. The van der Waals surface area contributed by atoms with Crippen LogP contribution in [0.1, 0.15) is 42.7 Å². The first-order chi connectivity index (χ1) is 12.0. The third-order valence-electron chi connectivity index (χ3n) is 5.03. The molecule has 0 spiro atoms. The Labute approximate surface area is 148 Å². The maximum atomic E-state index is 11.4. The summed E-state index contributed by atoms with van der Waals surface area (Å²) in [6, 6.07) is 9.54. The van der Waals surface area contributed by atoms with Gasteiger partial charge in [0.15, 0.2) is 0 Å². The molecule has 132 valence electrons. The summed E-state index contributed by atoms with van der Waals surface area (Å²) in [7, 11) is 0. The molecule has 2 aromatic rings. The van der Waals surface area contributed by atoms with Crippen LogP contribution in [0.4, 0.5) is 0 Å². The fourth-order valence-electron chi connectivity index (χ4n) is 3.52. The summed E-state index contributed by atoms with van der Waals surface area (Å²) in [4.78, 5) is 22.7. The Morgan fingerprint density at radius 1 is 1.24 bits per heavy atom. The number of benzene rings is 1. The Morgan fingerprint density at radius 3 is 2.64 bits per heavy atom. The zero-order chi connectivity index (χ0) is 17.8. The lowest BCUT2D eigenvalue weighted by Crippen LogP contribution is -2.38. The molecule has 1 aromatic carbocycles. The SMILES string of the molecule is CC(C)N1CCC(Cc2cc(-c3ccccc3C(=O)O)ncn2)CC1. The number of carboxylic acid groups (broad SMARTS) is 1. The lowest BCUT2D eigenvalue weighted by atomic mass is 9.91. The molecule has 3 rings (SSSR count). The molecule has 0 aliphatic carbocycles. The average Bonchev–Trinajstić information content (AvgIpc) is 2.62. The number of likely N-dealkylation sites (tertiary alicyclic amines) is 1. The molecule has 1 saturated heterocycles. The molecule has 0 radical (unpaired) electrons. The van der Waals surface area contributed by atoms with E-state index in [0.717, 1.165) is 25.2 Å². The number of carboxylic acids is 1. The monoisotopic (exact) mass is 339 g/mol. The van der Waals surface area contributed by atoms with Crippen molar-refractivity contribution < 1.29 is 9.90 Å². The minimum atomic E-state index is -0.934. The molecule has 5 heteroatoms. The molecule has 5 nitrogen and oxygen atoms in total. The highest BCUT2D eigenvalue weighted by Gasteiger charge is 2.21. The molecule has 1 aliphatic rings. The Bertz CT molecular complexity index is 737. The smallest absolute Gasteiger partial charge is 0.336 e. The summed E-state index contributed by atoms with van der Waals surface area (Å²) in [5, 5.41) is 9.38. The minimum absolute atomic E-state index is 0.275. The number of hydrogen-bond donors (Lipinski definition) is 1. The first-order valence-electron chi connectivity index (χ1n) is 8.92. The van der Waals surface area contributed by atoms with E-state index in [2.05, 4.69) is 28.7 Å². The maximum Gasteiger partial charge on any atom is 0.336 e. The molecule has 1 fully saturated rings. The highest BCUT2D eigenvalue weighted by molar-refractivity contribution is 5.95. The lowest BCUT2D eigenvalue weighted by molar-refractivity contribution is 0.0697. The van der Waals surface area contributed by atoms with E-state index in [1.54, 1.807) is 24.5 Å². The molecule has 25 heavy (non-hydrogen) atoms. The second-order valence-electron chi connectivity index (χ2n) is 7.02. The number of aromatic carboxylic acids is 1. The molecule has 1 aliphatic heterocycles. The van der Waals surface area contributed by atoms with Crippen molar-refractivity contribution in [1.29, 1.82) is 0 Å². The fourth-order valence-corrected chi connectivity index (χ4v) is 3.52. The standard InChI is InChI=1S/C20H25N3O2/c1-14(2)23-9-7-15(8-10-23)11-16-12-19(22-13-21-16)17-5-3-4-6-18(17)20(24)25/h3-6,12-15H,7-11H2,1-2H3,(H,24,25). The largest absolute Gasteiger partial charge is 0.478 e. The second-order valence-corrected chi connectivity index (χ2v) is 7.02. The summed E-state index contributed by atoms with van der Waals surface area (Å²) in [6.07, 6.45) is 4.84. The van der Waals surface area contributed by atoms with Gasteiger partial charge in [0, 0.05) is 17.3 Å². The van der Waals surface area contributed by atoms with E-state index in [9.17, 15) is 9.90 Å². The number of piperidine rings is 1. The van der Waals surface area contributed by atoms with Gasteiger partial charge in [0.2, 0.25) is 0 Å². The quantitative estimate of drug-likeness (QED) is 0.903. The van der Waals surface area contributed by atoms with Crippen molar-refractivity contribution in [1.82, 2.24) is 14.9 Å². The number of carbonyl (C=O) groups is 1. The van der Waals surface area contributed by atoms with Gasteiger partial charge in [-0.25, -0.2) is 14.8 Å². The molecule has 0 bridgehead atoms. The van der Waals surface area contributed by atoms with Crippen molar-refractivity contribution in [3.05, 3.63) is 47.9 Å². The van der Waals surface area contributed by atoms with Gasteiger partial charge in [-0.05, 0) is 64.3 Å². The Kier molecular flexibility index (Phi) is 5.43. The van der Waals surface area contributed by atoms with Crippen LogP contribution < -0.4 is 0 Å². The van der Waals surface area contributed by atoms with Gasteiger partial charge in [-0.15, -0.1) is 0 Å². The Morgan fingerprint density at radius 2 is 1.96 bits per heavy atom. The van der Waals surface area contributed by atoms with Crippen molar-refractivity contribution in [2.45, 2.75) is 39.2 Å². The van der Waals surface area contributed by atoms with Crippen LogP contribution in [0.5, 0.6) is 0 Å². The second kappa shape index (κ2) is 7.74. The van der Waals surface area contributed by atoms with Crippen molar-refractivity contribution in [2.75, 3.05) is 13.1 Å². The van der Waals surface area contributed by atoms with Gasteiger partial charge in [0.25, 0.3) is 0 Å². The molecule has 1 aromatic heterocycles. The van der Waals surface area contributed by atoms with E-state index in [1.807, 2.05) is 12.1 Å². The summed E-state index contributed by atoms with van der Waals surface area (Å²) in [6.45, 7) is 6.78. The predicted octanol–water partition coefficient (Wildman–Crippen LogP) is 3.50. The highest BCUT2D eigenvalue weighted by Crippen LogP contribution is 2.25. The molecular weight excluding hydrogens is 314 g/mol. The van der Waals surface area contributed by atoms with Crippen molar-refractivity contribution in [3.8, 4) is 11.3 Å². The van der Waals surface area contributed by atoms with Crippen LogP contribution >= 0.6 is 0 Å². The van der Waals surface area contributed by atoms with E-state index < -0.39 is 5.97 Å². The van der Waals surface area contributed by atoms with Crippen LogP contribution in [0.3, 0.4) is 0 Å². The highest BCUT2D eigenvalue weighted by atomic mass is 16.4. The molecular formula is C20H25N3O2. The van der Waals surface area contributed by atoms with Crippen LogP contribution in [-0.2, 0) is 6.42 Å². The normalized spacial score (nSPS) is 16.3. The number of rotatable bonds is 5.